The lowest BCUT2D eigenvalue weighted by molar-refractivity contribution is 0.630. The SMILES string of the molecule is Nc1ccc[c]c1F. The third kappa shape index (κ3) is 0.780. The molecule has 1 nitrogen and oxygen atoms in total. The van der Waals surface area contributed by atoms with Gasteiger partial charge in [-0.25, -0.2) is 4.39 Å². The molecule has 0 saturated heterocycles. The molecule has 2 N–H and O–H groups in total. The minimum Gasteiger partial charge on any atom is -0.396 e. The van der Waals surface area contributed by atoms with E-state index < -0.39 is 5.82 Å². The quantitative estimate of drug-likeness (QED) is 0.499. The van der Waals surface area contributed by atoms with E-state index in [0.717, 1.165) is 0 Å². The average molecular weight is 110 g/mol. The number of halogens is 1. The van der Waals surface area contributed by atoms with Gasteiger partial charge in [0.1, 0.15) is 0 Å². The maximum atomic E-state index is 12.1. The van der Waals surface area contributed by atoms with Crippen molar-refractivity contribution >= 4 is 5.69 Å². The predicted octanol–water partition coefficient (Wildman–Crippen LogP) is 1.21. The lowest BCUT2D eigenvalue weighted by Gasteiger charge is -1.89. The minimum absolute atomic E-state index is 0.146. The second kappa shape index (κ2) is 1.82. The van der Waals surface area contributed by atoms with Crippen molar-refractivity contribution in [2.24, 2.45) is 0 Å². The second-order valence-electron chi connectivity index (χ2n) is 1.44. The Kier molecular flexibility index (Phi) is 1.16. The van der Waals surface area contributed by atoms with Crippen LogP contribution in [-0.4, -0.2) is 0 Å². The van der Waals surface area contributed by atoms with Crippen LogP contribution in [0.25, 0.3) is 0 Å². The third-order valence-corrected chi connectivity index (χ3v) is 0.836. The molecule has 1 aromatic rings. The van der Waals surface area contributed by atoms with Crippen LogP contribution in [0.5, 0.6) is 0 Å². The van der Waals surface area contributed by atoms with Gasteiger partial charge in [0.2, 0.25) is 0 Å². The Hall–Kier alpha value is -1.05. The first kappa shape index (κ1) is 5.09. The van der Waals surface area contributed by atoms with Gasteiger partial charge in [-0.15, -0.1) is 0 Å². The summed E-state index contributed by atoms with van der Waals surface area (Å²) in [7, 11) is 0. The van der Waals surface area contributed by atoms with E-state index in [1.54, 1.807) is 6.07 Å². The summed E-state index contributed by atoms with van der Waals surface area (Å²) in [6.45, 7) is 0. The number of benzene rings is 1. The van der Waals surface area contributed by atoms with E-state index in [2.05, 4.69) is 6.07 Å². The molecule has 0 aromatic heterocycles. The summed E-state index contributed by atoms with van der Waals surface area (Å²) in [5.74, 6) is -0.479. The van der Waals surface area contributed by atoms with Crippen molar-refractivity contribution in [3.05, 3.63) is 30.1 Å². The van der Waals surface area contributed by atoms with Gasteiger partial charge in [-0.3, -0.25) is 0 Å². The Morgan fingerprint density at radius 3 is 2.75 bits per heavy atom. The van der Waals surface area contributed by atoms with Crippen molar-refractivity contribution in [1.29, 1.82) is 0 Å². The van der Waals surface area contributed by atoms with Crippen LogP contribution < -0.4 is 5.73 Å². The van der Waals surface area contributed by atoms with Gasteiger partial charge in [-0.05, 0) is 6.07 Å². The standard InChI is InChI=1S/C6H5FN/c7-5-3-1-2-4-6(5)8/h1-2,4H,8H2. The van der Waals surface area contributed by atoms with Crippen LogP contribution in [-0.2, 0) is 0 Å². The smallest absolute Gasteiger partial charge is 0.153 e. The lowest BCUT2D eigenvalue weighted by atomic mass is 10.3. The van der Waals surface area contributed by atoms with Crippen LogP contribution in [0.4, 0.5) is 10.1 Å². The molecule has 41 valence electrons. The average Bonchev–Trinajstić information content (AvgIpc) is 1.77. The number of hydrogen-bond acceptors (Lipinski definition) is 1. The predicted molar refractivity (Wildman–Crippen MR) is 29.6 cm³/mol. The topological polar surface area (TPSA) is 26.0 Å². The van der Waals surface area contributed by atoms with E-state index >= 15 is 0 Å². The van der Waals surface area contributed by atoms with E-state index in [4.69, 9.17) is 5.73 Å². The van der Waals surface area contributed by atoms with Crippen molar-refractivity contribution in [3.8, 4) is 0 Å². The van der Waals surface area contributed by atoms with Crippen LogP contribution in [0, 0.1) is 11.9 Å². The maximum absolute atomic E-state index is 12.1. The Balaban J connectivity index is 3.13. The summed E-state index contributed by atoms with van der Waals surface area (Å²) in [5, 5.41) is 0. The van der Waals surface area contributed by atoms with Gasteiger partial charge in [0, 0.05) is 6.07 Å². The summed E-state index contributed by atoms with van der Waals surface area (Å²) in [6.07, 6.45) is 0. The van der Waals surface area contributed by atoms with Gasteiger partial charge in [0.15, 0.2) is 5.82 Å². The molecule has 8 heavy (non-hydrogen) atoms. The highest BCUT2D eigenvalue weighted by Gasteiger charge is 1.90. The molecule has 0 saturated carbocycles. The van der Waals surface area contributed by atoms with Crippen molar-refractivity contribution in [1.82, 2.24) is 0 Å². The Labute approximate surface area is 46.9 Å². The van der Waals surface area contributed by atoms with Crippen molar-refractivity contribution in [3.63, 3.8) is 0 Å². The summed E-state index contributed by atoms with van der Waals surface area (Å²) in [5.41, 5.74) is 5.26. The molecule has 2 heteroatoms. The van der Waals surface area contributed by atoms with Crippen LogP contribution in [0.2, 0.25) is 0 Å². The highest BCUT2D eigenvalue weighted by molar-refractivity contribution is 5.37. The fourth-order valence-corrected chi connectivity index (χ4v) is 0.430. The molecule has 0 unspecified atom stereocenters. The number of rotatable bonds is 0. The van der Waals surface area contributed by atoms with Gasteiger partial charge in [0.25, 0.3) is 0 Å². The van der Waals surface area contributed by atoms with E-state index in [9.17, 15) is 4.39 Å². The molecular weight excluding hydrogens is 105 g/mol. The molecule has 1 rings (SSSR count). The Morgan fingerprint density at radius 2 is 2.38 bits per heavy atom. The fraction of sp³-hybridized carbons (Fsp3) is 0. The zero-order valence-corrected chi connectivity index (χ0v) is 4.19. The zero-order chi connectivity index (χ0) is 5.98. The van der Waals surface area contributed by atoms with Crippen LogP contribution in [0.3, 0.4) is 0 Å². The number of nitrogen functional groups attached to an aromatic ring is 1. The molecule has 0 atom stereocenters. The molecule has 0 aliphatic carbocycles. The molecule has 1 aromatic carbocycles. The molecule has 0 aliphatic rings. The molecular formula is C6H5FN. The summed E-state index contributed by atoms with van der Waals surface area (Å²) >= 11 is 0. The maximum Gasteiger partial charge on any atom is 0.153 e. The van der Waals surface area contributed by atoms with Gasteiger partial charge < -0.3 is 5.73 Å². The van der Waals surface area contributed by atoms with E-state index in [1.165, 1.54) is 12.1 Å². The summed E-state index contributed by atoms with van der Waals surface area (Å²) in [4.78, 5) is 0. The highest BCUT2D eigenvalue weighted by atomic mass is 19.1. The summed E-state index contributed by atoms with van der Waals surface area (Å²) in [6, 6.07) is 6.91. The molecule has 0 fully saturated rings. The first-order valence-electron chi connectivity index (χ1n) is 2.22. The Morgan fingerprint density at radius 1 is 1.62 bits per heavy atom. The monoisotopic (exact) mass is 110 g/mol. The molecule has 0 heterocycles. The third-order valence-electron chi connectivity index (χ3n) is 0.836. The van der Waals surface area contributed by atoms with Gasteiger partial charge in [0.05, 0.1) is 5.69 Å². The first-order chi connectivity index (χ1) is 3.80. The van der Waals surface area contributed by atoms with E-state index in [0.29, 0.717) is 0 Å². The van der Waals surface area contributed by atoms with Gasteiger partial charge >= 0.3 is 0 Å². The molecule has 0 amide bonds. The first-order valence-corrected chi connectivity index (χ1v) is 2.22. The number of hydrogen-bond donors (Lipinski definition) is 1. The Bertz CT molecular complexity index is 165. The minimum atomic E-state index is -0.479. The summed E-state index contributed by atoms with van der Waals surface area (Å²) < 4.78 is 12.1. The molecule has 0 spiro atoms. The molecule has 0 bridgehead atoms. The lowest BCUT2D eigenvalue weighted by Crippen LogP contribution is -1.87. The molecule has 0 aliphatic heterocycles. The largest absolute Gasteiger partial charge is 0.396 e. The van der Waals surface area contributed by atoms with Crippen molar-refractivity contribution < 1.29 is 4.39 Å². The van der Waals surface area contributed by atoms with Crippen LogP contribution >= 0.6 is 0 Å². The second-order valence-corrected chi connectivity index (χ2v) is 1.44. The zero-order valence-electron chi connectivity index (χ0n) is 4.19. The van der Waals surface area contributed by atoms with E-state index in [1.807, 2.05) is 0 Å². The van der Waals surface area contributed by atoms with Crippen molar-refractivity contribution in [2.75, 3.05) is 5.73 Å². The van der Waals surface area contributed by atoms with E-state index in [-0.39, 0.29) is 5.69 Å². The normalized spacial score (nSPS) is 9.12. The van der Waals surface area contributed by atoms with Crippen LogP contribution in [0.15, 0.2) is 18.2 Å². The number of nitrogens with two attached hydrogens (primary N) is 1. The van der Waals surface area contributed by atoms with Crippen LogP contribution in [0.1, 0.15) is 0 Å². The van der Waals surface area contributed by atoms with Gasteiger partial charge in [-0.2, -0.15) is 0 Å². The highest BCUT2D eigenvalue weighted by Crippen LogP contribution is 2.04. The van der Waals surface area contributed by atoms with Gasteiger partial charge in [-0.1, -0.05) is 12.1 Å². The fourth-order valence-electron chi connectivity index (χ4n) is 0.430. The van der Waals surface area contributed by atoms with Crippen molar-refractivity contribution in [2.45, 2.75) is 0 Å². The number of anilines is 1. The molecule has 1 radical (unpaired) electrons.